The maximum absolute atomic E-state index is 12.0. The molecule has 0 saturated carbocycles. The van der Waals surface area contributed by atoms with Crippen molar-refractivity contribution in [3.05, 3.63) is 54.1 Å². The molecule has 0 unspecified atom stereocenters. The third-order valence-electron chi connectivity index (χ3n) is 2.74. The normalized spacial score (nSPS) is 10.2. The van der Waals surface area contributed by atoms with Crippen molar-refractivity contribution >= 4 is 29.0 Å². The van der Waals surface area contributed by atoms with Crippen molar-refractivity contribution in [3.63, 3.8) is 0 Å². The van der Waals surface area contributed by atoms with E-state index in [1.807, 2.05) is 30.5 Å². The van der Waals surface area contributed by atoms with E-state index in [-0.39, 0.29) is 5.91 Å². The number of rotatable bonds is 4. The quantitative estimate of drug-likeness (QED) is 0.664. The van der Waals surface area contributed by atoms with Crippen LogP contribution < -0.4 is 11.1 Å². The Balaban J connectivity index is 2.03. The summed E-state index contributed by atoms with van der Waals surface area (Å²) in [5.41, 5.74) is 8.10. The number of hydrogen-bond donors (Lipinski definition) is 2. The van der Waals surface area contributed by atoms with Crippen LogP contribution in [0.15, 0.2) is 53.4 Å². The lowest BCUT2D eigenvalue weighted by Crippen LogP contribution is -2.14. The number of nitrogens with one attached hydrogen (secondary N) is 1. The number of thioether (sulfide) groups is 1. The van der Waals surface area contributed by atoms with Gasteiger partial charge in [0.05, 0.1) is 6.42 Å². The molecular weight excluding hydrogens is 256 g/mol. The fourth-order valence-corrected chi connectivity index (χ4v) is 2.41. The van der Waals surface area contributed by atoms with E-state index in [1.165, 1.54) is 0 Å². The molecule has 0 bridgehead atoms. The van der Waals surface area contributed by atoms with Crippen molar-refractivity contribution in [1.29, 1.82) is 0 Å². The Hall–Kier alpha value is -1.94. The highest BCUT2D eigenvalue weighted by Gasteiger charge is 2.07. The van der Waals surface area contributed by atoms with Crippen LogP contribution in [-0.4, -0.2) is 12.2 Å². The van der Waals surface area contributed by atoms with Gasteiger partial charge in [0.25, 0.3) is 0 Å². The third kappa shape index (κ3) is 3.76. The lowest BCUT2D eigenvalue weighted by Gasteiger charge is -2.08. The van der Waals surface area contributed by atoms with Crippen molar-refractivity contribution in [2.24, 2.45) is 0 Å². The van der Waals surface area contributed by atoms with Crippen LogP contribution in [0.2, 0.25) is 0 Å². The number of carbonyl (C=O) groups is 1. The van der Waals surface area contributed by atoms with Gasteiger partial charge >= 0.3 is 0 Å². The molecule has 0 fully saturated rings. The van der Waals surface area contributed by atoms with Crippen LogP contribution >= 0.6 is 11.8 Å². The smallest absolute Gasteiger partial charge is 0.228 e. The monoisotopic (exact) mass is 272 g/mol. The minimum Gasteiger partial charge on any atom is -0.399 e. The summed E-state index contributed by atoms with van der Waals surface area (Å²) in [6.07, 6.45) is 2.39. The Morgan fingerprint density at radius 3 is 2.53 bits per heavy atom. The molecule has 98 valence electrons. The van der Waals surface area contributed by atoms with Crippen LogP contribution in [-0.2, 0) is 11.2 Å². The zero-order valence-corrected chi connectivity index (χ0v) is 11.5. The average molecular weight is 272 g/mol. The molecule has 0 aromatic heterocycles. The predicted octanol–water partition coefficient (Wildman–Crippen LogP) is 3.17. The molecule has 0 aliphatic carbocycles. The highest BCUT2D eigenvalue weighted by Crippen LogP contribution is 2.20. The first-order valence-corrected chi connectivity index (χ1v) is 7.19. The van der Waals surface area contributed by atoms with Gasteiger partial charge in [0.1, 0.15) is 0 Å². The summed E-state index contributed by atoms with van der Waals surface area (Å²) in [5, 5.41) is 2.87. The van der Waals surface area contributed by atoms with E-state index in [0.29, 0.717) is 12.1 Å². The average Bonchev–Trinajstić information content (AvgIpc) is 2.42. The number of nitrogens with two attached hydrogens (primary N) is 1. The van der Waals surface area contributed by atoms with Crippen LogP contribution in [0.5, 0.6) is 0 Å². The standard InChI is InChI=1S/C15H16N2OS/c1-19-14-5-3-2-4-11(14)10-15(18)17-13-8-6-12(16)7-9-13/h2-9H,10,16H2,1H3,(H,17,18). The zero-order chi connectivity index (χ0) is 13.7. The molecule has 2 rings (SSSR count). The van der Waals surface area contributed by atoms with E-state index in [4.69, 9.17) is 5.73 Å². The van der Waals surface area contributed by atoms with Crippen molar-refractivity contribution in [2.45, 2.75) is 11.3 Å². The van der Waals surface area contributed by atoms with Gasteiger partial charge in [-0.1, -0.05) is 18.2 Å². The Kier molecular flexibility index (Phi) is 4.47. The van der Waals surface area contributed by atoms with E-state index < -0.39 is 0 Å². The molecule has 3 nitrogen and oxygen atoms in total. The number of hydrogen-bond acceptors (Lipinski definition) is 3. The van der Waals surface area contributed by atoms with E-state index in [9.17, 15) is 4.79 Å². The molecule has 2 aromatic rings. The summed E-state index contributed by atoms with van der Waals surface area (Å²) < 4.78 is 0. The molecule has 0 spiro atoms. The zero-order valence-electron chi connectivity index (χ0n) is 10.7. The van der Waals surface area contributed by atoms with Gasteiger partial charge in [-0.15, -0.1) is 11.8 Å². The first-order valence-electron chi connectivity index (χ1n) is 5.96. The van der Waals surface area contributed by atoms with Gasteiger partial charge in [-0.05, 0) is 42.2 Å². The minimum absolute atomic E-state index is 0.0220. The predicted molar refractivity (Wildman–Crippen MR) is 81.4 cm³/mol. The molecule has 0 aliphatic rings. The number of amides is 1. The molecule has 3 N–H and O–H groups in total. The van der Waals surface area contributed by atoms with Crippen LogP contribution in [0.4, 0.5) is 11.4 Å². The van der Waals surface area contributed by atoms with Crippen molar-refractivity contribution in [1.82, 2.24) is 0 Å². The molecule has 19 heavy (non-hydrogen) atoms. The van der Waals surface area contributed by atoms with E-state index in [0.717, 1.165) is 16.1 Å². The van der Waals surface area contributed by atoms with Crippen molar-refractivity contribution in [3.8, 4) is 0 Å². The van der Waals surface area contributed by atoms with Gasteiger partial charge in [0.2, 0.25) is 5.91 Å². The fourth-order valence-electron chi connectivity index (χ4n) is 1.79. The molecule has 0 aliphatic heterocycles. The third-order valence-corrected chi connectivity index (χ3v) is 3.58. The van der Waals surface area contributed by atoms with E-state index >= 15 is 0 Å². The number of anilines is 2. The first-order chi connectivity index (χ1) is 9.19. The first kappa shape index (κ1) is 13.5. The van der Waals surface area contributed by atoms with Gasteiger partial charge in [-0.3, -0.25) is 4.79 Å². The lowest BCUT2D eigenvalue weighted by molar-refractivity contribution is -0.115. The topological polar surface area (TPSA) is 55.1 Å². The number of nitrogen functional groups attached to an aromatic ring is 1. The Labute approximate surface area is 117 Å². The van der Waals surface area contributed by atoms with Crippen LogP contribution in [0.3, 0.4) is 0 Å². The number of benzene rings is 2. The molecule has 4 heteroatoms. The van der Waals surface area contributed by atoms with E-state index in [1.54, 1.807) is 36.0 Å². The lowest BCUT2D eigenvalue weighted by atomic mass is 10.1. The van der Waals surface area contributed by atoms with Crippen LogP contribution in [0, 0.1) is 0 Å². The van der Waals surface area contributed by atoms with Crippen LogP contribution in [0.25, 0.3) is 0 Å². The Morgan fingerprint density at radius 2 is 1.84 bits per heavy atom. The largest absolute Gasteiger partial charge is 0.399 e. The molecule has 1 amide bonds. The highest BCUT2D eigenvalue weighted by atomic mass is 32.2. The summed E-state index contributed by atoms with van der Waals surface area (Å²) >= 11 is 1.65. The van der Waals surface area contributed by atoms with Gasteiger partial charge in [0.15, 0.2) is 0 Å². The highest BCUT2D eigenvalue weighted by molar-refractivity contribution is 7.98. The minimum atomic E-state index is -0.0220. The molecule has 0 saturated heterocycles. The molecule has 0 atom stereocenters. The summed E-state index contributed by atoms with van der Waals surface area (Å²) in [6, 6.07) is 15.1. The summed E-state index contributed by atoms with van der Waals surface area (Å²) in [4.78, 5) is 13.1. The number of carbonyl (C=O) groups excluding carboxylic acids is 1. The maximum Gasteiger partial charge on any atom is 0.228 e. The summed E-state index contributed by atoms with van der Waals surface area (Å²) in [6.45, 7) is 0. The molecule has 0 heterocycles. The maximum atomic E-state index is 12.0. The van der Waals surface area contributed by atoms with E-state index in [2.05, 4.69) is 5.32 Å². The van der Waals surface area contributed by atoms with Gasteiger partial charge in [0, 0.05) is 16.3 Å². The summed E-state index contributed by atoms with van der Waals surface area (Å²) in [7, 11) is 0. The summed E-state index contributed by atoms with van der Waals surface area (Å²) in [5.74, 6) is -0.0220. The van der Waals surface area contributed by atoms with Gasteiger partial charge < -0.3 is 11.1 Å². The Morgan fingerprint density at radius 1 is 1.16 bits per heavy atom. The van der Waals surface area contributed by atoms with Gasteiger partial charge in [-0.25, -0.2) is 0 Å². The van der Waals surface area contributed by atoms with Crippen LogP contribution in [0.1, 0.15) is 5.56 Å². The van der Waals surface area contributed by atoms with Gasteiger partial charge in [-0.2, -0.15) is 0 Å². The molecular formula is C15H16N2OS. The second-order valence-electron chi connectivity index (χ2n) is 4.16. The van der Waals surface area contributed by atoms with Crippen molar-refractivity contribution < 1.29 is 4.79 Å². The Bertz CT molecular complexity index is 567. The van der Waals surface area contributed by atoms with Crippen molar-refractivity contribution in [2.75, 3.05) is 17.3 Å². The molecule has 2 aromatic carbocycles. The SMILES string of the molecule is CSc1ccccc1CC(=O)Nc1ccc(N)cc1. The molecule has 0 radical (unpaired) electrons. The second kappa shape index (κ2) is 6.29. The fraction of sp³-hybridized carbons (Fsp3) is 0.133. The second-order valence-corrected chi connectivity index (χ2v) is 5.01.